The number of nitrogens with zero attached hydrogens (tertiary/aromatic N) is 2. The second-order valence-corrected chi connectivity index (χ2v) is 15.7. The molecule has 2 aliphatic rings. The summed E-state index contributed by atoms with van der Waals surface area (Å²) in [5, 5.41) is 21.2. The molecule has 3 heterocycles. The summed E-state index contributed by atoms with van der Waals surface area (Å²) >= 11 is 0. The van der Waals surface area contributed by atoms with Crippen LogP contribution in [-0.4, -0.2) is 129 Å². The highest BCUT2D eigenvalue weighted by atomic mass is 31.1. The molecule has 0 amide bonds. The van der Waals surface area contributed by atoms with Crippen molar-refractivity contribution in [3.63, 3.8) is 0 Å². The van der Waals surface area contributed by atoms with Gasteiger partial charge in [0.2, 0.25) is 0 Å². The molecule has 0 spiro atoms. The van der Waals surface area contributed by atoms with Crippen molar-refractivity contribution in [1.82, 2.24) is 14.2 Å². The molecule has 0 radical (unpaired) electrons. The molecule has 3 N–H and O–H groups in total. The van der Waals surface area contributed by atoms with Crippen LogP contribution in [0, 0.1) is 6.92 Å². The van der Waals surface area contributed by atoms with E-state index in [0.717, 1.165) is 20.8 Å². The smallest absolute Gasteiger partial charge is 0.331 e. The average molecular weight is 762 g/mol. The molecule has 1 aromatic rings. The maximum absolute atomic E-state index is 13.4. The van der Waals surface area contributed by atoms with E-state index in [0.29, 0.717) is 6.16 Å². The van der Waals surface area contributed by atoms with Crippen LogP contribution in [0.3, 0.4) is 0 Å². The zero-order chi connectivity index (χ0) is 39.1. The molecule has 0 bridgehead atoms. The van der Waals surface area contributed by atoms with Crippen molar-refractivity contribution < 1.29 is 62.5 Å². The summed E-state index contributed by atoms with van der Waals surface area (Å²) in [4.78, 5) is 76.4. The van der Waals surface area contributed by atoms with E-state index in [-0.39, 0.29) is 37.1 Å². The molecule has 1 aromatic heterocycles. The van der Waals surface area contributed by atoms with Crippen LogP contribution in [0.4, 0.5) is 0 Å². The standard InChI is InChI=1S/C33H52N3O15P/c1-17(2)36(18(3)4)52(33(13-24(42)25(15-37)51-33)35-14-19(5)30(43)34-32(35)44)12-10-11-45-31-29(49-23(9)41)28(48-22(8)40)27(47-21(7)39)26(50-31)16-46-20(6)38/h14,17-18,24-29,31,37,42H,10-13,15-16H2,1-9H3,(H,34,43,44)/t24-,25+,26+,27+,28-,29+,31+,33-,52?/m0/s1. The molecular weight excluding hydrogens is 709 g/mol. The van der Waals surface area contributed by atoms with Gasteiger partial charge in [0, 0.05) is 66.0 Å². The molecule has 52 heavy (non-hydrogen) atoms. The predicted octanol–water partition coefficient (Wildman–Crippen LogP) is 0.603. The first-order chi connectivity index (χ1) is 24.3. The lowest BCUT2D eigenvalue weighted by molar-refractivity contribution is -0.308. The fourth-order valence-corrected chi connectivity index (χ4v) is 10.1. The Bertz CT molecular complexity index is 1520. The van der Waals surface area contributed by atoms with E-state index >= 15 is 0 Å². The van der Waals surface area contributed by atoms with Gasteiger partial charge in [-0.2, -0.15) is 0 Å². The molecule has 0 saturated carbocycles. The maximum atomic E-state index is 13.4. The zero-order valence-electron chi connectivity index (χ0n) is 31.1. The van der Waals surface area contributed by atoms with E-state index in [9.17, 15) is 39.0 Å². The van der Waals surface area contributed by atoms with Crippen LogP contribution in [0.15, 0.2) is 15.8 Å². The van der Waals surface area contributed by atoms with Crippen molar-refractivity contribution in [2.75, 3.05) is 26.0 Å². The minimum atomic E-state index is -1.59. The number of aromatic amines is 1. The van der Waals surface area contributed by atoms with Crippen molar-refractivity contribution in [3.8, 4) is 0 Å². The highest BCUT2D eigenvalue weighted by molar-refractivity contribution is 7.56. The van der Waals surface area contributed by atoms with E-state index in [1.54, 1.807) is 6.92 Å². The third kappa shape index (κ3) is 10.5. The van der Waals surface area contributed by atoms with Gasteiger partial charge < -0.3 is 43.4 Å². The predicted molar refractivity (Wildman–Crippen MR) is 183 cm³/mol. The summed E-state index contributed by atoms with van der Waals surface area (Å²) in [7, 11) is -1.59. The number of rotatable bonds is 16. The number of nitrogens with one attached hydrogen (secondary N) is 1. The molecule has 294 valence electrons. The number of esters is 4. The Labute approximate surface area is 302 Å². The lowest BCUT2D eigenvalue weighted by Gasteiger charge is -2.48. The highest BCUT2D eigenvalue weighted by Gasteiger charge is 2.56. The second-order valence-electron chi connectivity index (χ2n) is 13.3. The Balaban J connectivity index is 2.02. The van der Waals surface area contributed by atoms with E-state index in [1.807, 2.05) is 27.7 Å². The summed E-state index contributed by atoms with van der Waals surface area (Å²) in [5.74, 6) is -2.97. The van der Waals surface area contributed by atoms with Crippen LogP contribution in [-0.2, 0) is 57.8 Å². The van der Waals surface area contributed by atoms with Crippen molar-refractivity contribution in [1.29, 1.82) is 0 Å². The number of H-pyrrole nitrogens is 1. The van der Waals surface area contributed by atoms with Gasteiger partial charge in [0.15, 0.2) is 30.1 Å². The molecule has 0 aliphatic carbocycles. The van der Waals surface area contributed by atoms with Gasteiger partial charge in [0.25, 0.3) is 5.56 Å². The van der Waals surface area contributed by atoms with Gasteiger partial charge in [0.05, 0.1) is 19.3 Å². The Hall–Kier alpha value is -3.25. The summed E-state index contributed by atoms with van der Waals surface area (Å²) < 4.78 is 43.7. The van der Waals surface area contributed by atoms with E-state index < -0.39 is 105 Å². The number of aliphatic hydroxyl groups is 2. The number of aromatic nitrogens is 2. The average Bonchev–Trinajstić information content (AvgIpc) is 3.37. The van der Waals surface area contributed by atoms with Crippen LogP contribution in [0.2, 0.25) is 0 Å². The number of hydrogen-bond acceptors (Lipinski definition) is 16. The van der Waals surface area contributed by atoms with E-state index in [4.69, 9.17) is 33.2 Å². The van der Waals surface area contributed by atoms with E-state index in [1.165, 1.54) is 17.7 Å². The minimum Gasteiger partial charge on any atom is -0.463 e. The van der Waals surface area contributed by atoms with Crippen LogP contribution >= 0.6 is 8.07 Å². The first-order valence-corrected chi connectivity index (χ1v) is 18.6. The second kappa shape index (κ2) is 18.7. The zero-order valence-corrected chi connectivity index (χ0v) is 32.0. The lowest BCUT2D eigenvalue weighted by atomic mass is 9.98. The summed E-state index contributed by atoms with van der Waals surface area (Å²) in [5.41, 5.74) is -2.56. The maximum Gasteiger partial charge on any atom is 0.331 e. The molecule has 2 aliphatic heterocycles. The largest absolute Gasteiger partial charge is 0.463 e. The number of aryl methyl sites for hydroxylation is 1. The Kier molecular flexibility index (Phi) is 15.5. The fraction of sp³-hybridized carbons (Fsp3) is 0.758. The Morgan fingerprint density at radius 1 is 0.962 bits per heavy atom. The van der Waals surface area contributed by atoms with Gasteiger partial charge >= 0.3 is 29.6 Å². The first kappa shape index (κ1) is 43.2. The van der Waals surface area contributed by atoms with Crippen molar-refractivity contribution >= 4 is 31.9 Å². The normalized spacial score (nSPS) is 28.2. The quantitative estimate of drug-likeness (QED) is 0.0906. The van der Waals surface area contributed by atoms with Crippen molar-refractivity contribution in [2.45, 2.75) is 136 Å². The number of ether oxygens (including phenoxy) is 7. The van der Waals surface area contributed by atoms with Gasteiger partial charge in [-0.25, -0.2) is 4.79 Å². The lowest BCUT2D eigenvalue weighted by Crippen LogP contribution is -2.63. The molecule has 19 heteroatoms. The van der Waals surface area contributed by atoms with Gasteiger partial charge in [-0.3, -0.25) is 38.2 Å². The van der Waals surface area contributed by atoms with Gasteiger partial charge in [-0.05, 0) is 47.2 Å². The monoisotopic (exact) mass is 761 g/mol. The third-order valence-electron chi connectivity index (χ3n) is 8.41. The number of hydrogen-bond donors (Lipinski definition) is 3. The van der Waals surface area contributed by atoms with Crippen molar-refractivity contribution in [3.05, 3.63) is 32.6 Å². The fourth-order valence-electron chi connectivity index (χ4n) is 6.57. The molecule has 1 unspecified atom stereocenters. The van der Waals surface area contributed by atoms with Crippen LogP contribution < -0.4 is 11.2 Å². The molecule has 0 aromatic carbocycles. The van der Waals surface area contributed by atoms with Gasteiger partial charge in [-0.1, -0.05) is 0 Å². The van der Waals surface area contributed by atoms with Crippen LogP contribution in [0.1, 0.15) is 73.8 Å². The van der Waals surface area contributed by atoms with Gasteiger partial charge in [0.1, 0.15) is 18.8 Å². The van der Waals surface area contributed by atoms with Crippen LogP contribution in [0.5, 0.6) is 0 Å². The Morgan fingerprint density at radius 2 is 1.54 bits per heavy atom. The van der Waals surface area contributed by atoms with Crippen LogP contribution in [0.25, 0.3) is 0 Å². The third-order valence-corrected chi connectivity index (χ3v) is 11.9. The highest BCUT2D eigenvalue weighted by Crippen LogP contribution is 2.63. The number of carbonyl (C=O) groups is 4. The van der Waals surface area contributed by atoms with Crippen molar-refractivity contribution in [2.24, 2.45) is 0 Å². The number of carbonyl (C=O) groups excluding carboxylic acids is 4. The molecule has 3 rings (SSSR count). The van der Waals surface area contributed by atoms with E-state index in [2.05, 4.69) is 9.65 Å². The summed E-state index contributed by atoms with van der Waals surface area (Å²) in [6.07, 6.45) is -6.94. The summed E-state index contributed by atoms with van der Waals surface area (Å²) in [6.45, 7) is 13.0. The SMILES string of the molecule is CC(=O)OC[C@H]1O[C@@H](OCCCP(N(C(C)C)C(C)C)[C@]2(n3cc(C)c(=O)[nH]c3=O)C[C@H](O)[C@@H](CO)O2)[C@H](OC(C)=O)[C@@H](OC(C)=O)[C@@H]1OC(C)=O. The molecule has 2 saturated heterocycles. The molecule has 2 fully saturated rings. The molecule has 9 atom stereocenters. The topological polar surface area (TPSA) is 231 Å². The summed E-state index contributed by atoms with van der Waals surface area (Å²) in [6, 6.07) is -0.172. The van der Waals surface area contributed by atoms with Gasteiger partial charge in [-0.15, -0.1) is 0 Å². The molecular formula is C33H52N3O15P. The first-order valence-electron chi connectivity index (χ1n) is 17.1. The minimum absolute atomic E-state index is 0.0573. The Morgan fingerprint density at radius 3 is 2.06 bits per heavy atom. The number of aliphatic hydroxyl groups excluding tert-OH is 2. The molecule has 18 nitrogen and oxygen atoms in total.